The number of rotatable bonds is 5. The van der Waals surface area contributed by atoms with Gasteiger partial charge in [0.15, 0.2) is 0 Å². The minimum atomic E-state index is 0.820. The molecule has 0 aliphatic carbocycles. The maximum Gasteiger partial charge on any atom is 0.130 e. The molecule has 1 aromatic carbocycles. The topological polar surface area (TPSA) is 50.7 Å². The molecule has 0 radical (unpaired) electrons. The van der Waals surface area contributed by atoms with Crippen molar-refractivity contribution in [2.45, 2.75) is 11.4 Å². The van der Waals surface area contributed by atoms with Crippen molar-refractivity contribution in [3.05, 3.63) is 54.5 Å². The van der Waals surface area contributed by atoms with Crippen molar-refractivity contribution in [3.63, 3.8) is 0 Å². The van der Waals surface area contributed by atoms with E-state index in [0.717, 1.165) is 29.3 Å². The predicted octanol–water partition coefficient (Wildman–Crippen LogP) is 3.40. The highest BCUT2D eigenvalue weighted by Crippen LogP contribution is 2.17. The Balaban J connectivity index is 1.69. The minimum absolute atomic E-state index is 0.820. The van der Waals surface area contributed by atoms with Crippen LogP contribution in [0.15, 0.2) is 53.9 Å². The van der Waals surface area contributed by atoms with E-state index in [1.165, 1.54) is 10.9 Å². The second-order valence-electron chi connectivity index (χ2n) is 4.61. The molecule has 0 bridgehead atoms. The van der Waals surface area contributed by atoms with Gasteiger partial charge in [-0.1, -0.05) is 24.3 Å². The number of benzene rings is 1. The molecular formula is C16H16N4S. The molecule has 1 N–H and O–H groups in total. The molecule has 2 aromatic heterocycles. The van der Waals surface area contributed by atoms with E-state index in [0.29, 0.717) is 0 Å². The number of anilines is 1. The van der Waals surface area contributed by atoms with Crippen molar-refractivity contribution in [3.8, 4) is 0 Å². The third-order valence-electron chi connectivity index (χ3n) is 3.27. The molecule has 0 aliphatic heterocycles. The van der Waals surface area contributed by atoms with Gasteiger partial charge < -0.3 is 5.32 Å². The summed E-state index contributed by atoms with van der Waals surface area (Å²) in [4.78, 5) is 12.9. The number of pyridine rings is 1. The smallest absolute Gasteiger partial charge is 0.130 e. The Bertz CT molecular complexity index is 740. The van der Waals surface area contributed by atoms with Crippen molar-refractivity contribution >= 4 is 28.5 Å². The van der Waals surface area contributed by atoms with E-state index in [2.05, 4.69) is 44.5 Å². The maximum absolute atomic E-state index is 4.48. The van der Waals surface area contributed by atoms with Crippen LogP contribution in [0, 0.1) is 0 Å². The summed E-state index contributed by atoms with van der Waals surface area (Å²) in [5, 5.41) is 5.49. The molecule has 2 heterocycles. The van der Waals surface area contributed by atoms with Crippen molar-refractivity contribution in [2.24, 2.45) is 0 Å². The fraction of sp³-hybridized carbons (Fsp3) is 0.188. The third-order valence-corrected chi connectivity index (χ3v) is 3.91. The van der Waals surface area contributed by atoms with Crippen LogP contribution in [0.3, 0.4) is 0 Å². The fourth-order valence-corrected chi connectivity index (χ4v) is 2.62. The lowest BCUT2D eigenvalue weighted by Crippen LogP contribution is -2.07. The molecule has 0 amide bonds. The van der Waals surface area contributed by atoms with Gasteiger partial charge in [-0.05, 0) is 24.3 Å². The van der Waals surface area contributed by atoms with E-state index < -0.39 is 0 Å². The monoisotopic (exact) mass is 296 g/mol. The van der Waals surface area contributed by atoms with Crippen LogP contribution in [0.25, 0.3) is 10.9 Å². The third kappa shape index (κ3) is 3.31. The summed E-state index contributed by atoms with van der Waals surface area (Å²) >= 11 is 1.61. The molecule has 0 spiro atoms. The molecule has 21 heavy (non-hydrogen) atoms. The summed E-state index contributed by atoms with van der Waals surface area (Å²) in [5.74, 6) is 0.863. The maximum atomic E-state index is 4.48. The molecule has 0 unspecified atom stereocenters. The second-order valence-corrected chi connectivity index (χ2v) is 5.44. The number of thioether (sulfide) groups is 1. The van der Waals surface area contributed by atoms with Crippen molar-refractivity contribution in [1.82, 2.24) is 15.0 Å². The van der Waals surface area contributed by atoms with Crippen LogP contribution in [0.5, 0.6) is 0 Å². The van der Waals surface area contributed by atoms with Gasteiger partial charge in [0.25, 0.3) is 0 Å². The molecule has 3 aromatic rings. The van der Waals surface area contributed by atoms with Crippen LogP contribution in [-0.4, -0.2) is 27.8 Å². The van der Waals surface area contributed by atoms with Crippen LogP contribution in [0.2, 0.25) is 0 Å². The first-order chi connectivity index (χ1) is 10.4. The second kappa shape index (κ2) is 6.54. The zero-order valence-corrected chi connectivity index (χ0v) is 12.6. The average molecular weight is 296 g/mol. The summed E-state index contributed by atoms with van der Waals surface area (Å²) in [7, 11) is 0. The van der Waals surface area contributed by atoms with E-state index in [1.54, 1.807) is 18.1 Å². The normalized spacial score (nSPS) is 10.7. The molecule has 0 atom stereocenters. The summed E-state index contributed by atoms with van der Waals surface area (Å²) < 4.78 is 0. The standard InChI is InChI=1S/C16H16N4S/c1-21-15-10-14(19-11-20-15)17-9-7-13-5-2-4-12-6-3-8-18-16(12)13/h2-6,8,10-11H,7,9H2,1H3,(H,17,19,20). The lowest BCUT2D eigenvalue weighted by molar-refractivity contribution is 0.983. The van der Waals surface area contributed by atoms with Crippen LogP contribution in [-0.2, 0) is 6.42 Å². The molecule has 0 saturated carbocycles. The lowest BCUT2D eigenvalue weighted by atomic mass is 10.1. The van der Waals surface area contributed by atoms with E-state index >= 15 is 0 Å². The predicted molar refractivity (Wildman–Crippen MR) is 87.7 cm³/mol. The number of nitrogens with zero attached hydrogens (tertiary/aromatic N) is 3. The Labute approximate surface area is 128 Å². The highest BCUT2D eigenvalue weighted by Gasteiger charge is 2.02. The largest absolute Gasteiger partial charge is 0.370 e. The molecule has 0 aliphatic rings. The molecule has 5 heteroatoms. The van der Waals surface area contributed by atoms with Gasteiger partial charge in [0.2, 0.25) is 0 Å². The molecular weight excluding hydrogens is 280 g/mol. The summed E-state index contributed by atoms with van der Waals surface area (Å²) in [6.07, 6.45) is 6.35. The molecule has 106 valence electrons. The van der Waals surface area contributed by atoms with Crippen LogP contribution in [0.4, 0.5) is 5.82 Å². The van der Waals surface area contributed by atoms with Gasteiger partial charge in [0, 0.05) is 24.2 Å². The SMILES string of the molecule is CSc1cc(NCCc2cccc3cccnc23)ncn1. The van der Waals surface area contributed by atoms with Crippen LogP contribution < -0.4 is 5.32 Å². The van der Waals surface area contributed by atoms with Gasteiger partial charge in [0.1, 0.15) is 17.2 Å². The van der Waals surface area contributed by atoms with Gasteiger partial charge in [-0.3, -0.25) is 4.98 Å². The minimum Gasteiger partial charge on any atom is -0.370 e. The van der Waals surface area contributed by atoms with E-state index in [9.17, 15) is 0 Å². The van der Waals surface area contributed by atoms with Crippen molar-refractivity contribution in [2.75, 3.05) is 18.1 Å². The van der Waals surface area contributed by atoms with Gasteiger partial charge in [-0.25, -0.2) is 9.97 Å². The Morgan fingerprint density at radius 2 is 2.00 bits per heavy atom. The van der Waals surface area contributed by atoms with Gasteiger partial charge in [-0.15, -0.1) is 11.8 Å². The van der Waals surface area contributed by atoms with E-state index in [1.807, 2.05) is 24.6 Å². The molecule has 3 rings (SSSR count). The first-order valence-corrected chi connectivity index (χ1v) is 8.02. The zero-order valence-electron chi connectivity index (χ0n) is 11.8. The Morgan fingerprint density at radius 3 is 2.90 bits per heavy atom. The van der Waals surface area contributed by atoms with E-state index in [-0.39, 0.29) is 0 Å². The van der Waals surface area contributed by atoms with Gasteiger partial charge >= 0.3 is 0 Å². The summed E-state index contributed by atoms with van der Waals surface area (Å²) in [6, 6.07) is 12.3. The number of aromatic nitrogens is 3. The first kappa shape index (κ1) is 13.8. The highest BCUT2D eigenvalue weighted by atomic mass is 32.2. The number of para-hydroxylation sites is 1. The lowest BCUT2D eigenvalue weighted by Gasteiger charge is -2.08. The average Bonchev–Trinajstić information content (AvgIpc) is 2.55. The first-order valence-electron chi connectivity index (χ1n) is 6.79. The van der Waals surface area contributed by atoms with Crippen molar-refractivity contribution in [1.29, 1.82) is 0 Å². The summed E-state index contributed by atoms with van der Waals surface area (Å²) in [5.41, 5.74) is 2.33. The highest BCUT2D eigenvalue weighted by molar-refractivity contribution is 7.98. The Kier molecular flexibility index (Phi) is 4.31. The molecule has 4 nitrogen and oxygen atoms in total. The Hall–Kier alpha value is -2.14. The fourth-order valence-electron chi connectivity index (χ4n) is 2.24. The molecule has 0 saturated heterocycles. The number of hydrogen-bond acceptors (Lipinski definition) is 5. The molecule has 0 fully saturated rings. The summed E-state index contributed by atoms with van der Waals surface area (Å²) in [6.45, 7) is 0.820. The number of fused-ring (bicyclic) bond motifs is 1. The van der Waals surface area contributed by atoms with Crippen LogP contribution >= 0.6 is 11.8 Å². The Morgan fingerprint density at radius 1 is 1.10 bits per heavy atom. The zero-order chi connectivity index (χ0) is 14.5. The van der Waals surface area contributed by atoms with Gasteiger partial charge in [-0.2, -0.15) is 0 Å². The van der Waals surface area contributed by atoms with Crippen molar-refractivity contribution < 1.29 is 0 Å². The number of hydrogen-bond donors (Lipinski definition) is 1. The van der Waals surface area contributed by atoms with Gasteiger partial charge in [0.05, 0.1) is 5.52 Å². The van der Waals surface area contributed by atoms with Crippen LogP contribution in [0.1, 0.15) is 5.56 Å². The quantitative estimate of drug-likeness (QED) is 0.577. The number of nitrogens with one attached hydrogen (secondary N) is 1. The van der Waals surface area contributed by atoms with E-state index in [4.69, 9.17) is 0 Å².